The van der Waals surface area contributed by atoms with Gasteiger partial charge in [-0.25, -0.2) is 0 Å². The van der Waals surface area contributed by atoms with Gasteiger partial charge in [-0.1, -0.05) is 40.5 Å². The lowest BCUT2D eigenvalue weighted by atomic mass is 9.82. The minimum atomic E-state index is -0.420. The molecule has 0 aliphatic rings. The Morgan fingerprint density at radius 3 is 2.20 bits per heavy atom. The molecule has 30 heavy (non-hydrogen) atoms. The molecule has 0 spiro atoms. The van der Waals surface area contributed by atoms with Crippen molar-refractivity contribution in [3.8, 4) is 0 Å². The second kappa shape index (κ2) is 16.1. The molecule has 174 valence electrons. The highest BCUT2D eigenvalue weighted by Gasteiger charge is 2.26. The van der Waals surface area contributed by atoms with Gasteiger partial charge in [0.25, 0.3) is 0 Å². The third kappa shape index (κ3) is 15.3. The largest absolute Gasteiger partial charge is 0.377 e. The molecule has 1 N–H and O–H groups in total. The number of hydrogen-bond donors (Lipinski definition) is 1. The van der Waals surface area contributed by atoms with Crippen LogP contribution in [0.2, 0.25) is 0 Å². The fourth-order valence-electron chi connectivity index (χ4n) is 2.73. The molecule has 0 fully saturated rings. The van der Waals surface area contributed by atoms with E-state index < -0.39 is 5.41 Å². The summed E-state index contributed by atoms with van der Waals surface area (Å²) in [5, 5.41) is 2.71. The topological polar surface area (TPSA) is 98.8 Å². The van der Waals surface area contributed by atoms with Crippen LogP contribution < -0.4 is 5.32 Å². The van der Waals surface area contributed by atoms with E-state index in [0.717, 1.165) is 19.3 Å². The third-order valence-corrected chi connectivity index (χ3v) is 4.88. The molecule has 0 rings (SSSR count). The van der Waals surface area contributed by atoms with Gasteiger partial charge in [-0.05, 0) is 19.8 Å². The minimum Gasteiger partial charge on any atom is -0.377 e. The lowest BCUT2D eigenvalue weighted by Crippen LogP contribution is -2.26. The molecule has 0 aromatic heterocycles. The molecule has 0 heterocycles. The summed E-state index contributed by atoms with van der Waals surface area (Å²) in [6.07, 6.45) is 4.35. The summed E-state index contributed by atoms with van der Waals surface area (Å²) in [7, 11) is 0. The zero-order valence-electron chi connectivity index (χ0n) is 19.5. The molecule has 0 radical (unpaired) electrons. The van der Waals surface area contributed by atoms with Crippen molar-refractivity contribution in [3.63, 3.8) is 0 Å². The average molecular weight is 428 g/mol. The highest BCUT2D eigenvalue weighted by Crippen LogP contribution is 2.23. The Balaban J connectivity index is 3.73. The minimum absolute atomic E-state index is 0.00402. The normalized spacial score (nSPS) is 12.4. The number of amides is 1. The number of carbonyl (C=O) groups is 4. The molecular formula is C23H41NO6. The van der Waals surface area contributed by atoms with E-state index in [1.165, 1.54) is 0 Å². The summed E-state index contributed by atoms with van der Waals surface area (Å²) in [5.74, 6) is 0.00899. The van der Waals surface area contributed by atoms with E-state index in [2.05, 4.69) is 5.32 Å². The molecule has 0 aromatic rings. The second-order valence-corrected chi connectivity index (χ2v) is 8.69. The van der Waals surface area contributed by atoms with Crippen LogP contribution in [0.3, 0.4) is 0 Å². The molecule has 0 bridgehead atoms. The number of hydrogen-bond acceptors (Lipinski definition) is 6. The molecular weight excluding hydrogens is 386 g/mol. The van der Waals surface area contributed by atoms with Crippen molar-refractivity contribution in [2.45, 2.75) is 79.6 Å². The summed E-state index contributed by atoms with van der Waals surface area (Å²) in [5.41, 5.74) is -0.420. The predicted octanol–water partition coefficient (Wildman–Crippen LogP) is 3.28. The first-order valence-corrected chi connectivity index (χ1v) is 11.1. The van der Waals surface area contributed by atoms with Crippen LogP contribution in [0.4, 0.5) is 0 Å². The third-order valence-electron chi connectivity index (χ3n) is 4.88. The van der Waals surface area contributed by atoms with Gasteiger partial charge in [0.05, 0.1) is 19.8 Å². The Hall–Kier alpha value is -1.60. The van der Waals surface area contributed by atoms with E-state index in [0.29, 0.717) is 52.0 Å². The first-order valence-electron chi connectivity index (χ1n) is 11.1. The smallest absolute Gasteiger partial charge is 0.219 e. The molecule has 7 heteroatoms. The number of Topliss-reactive ketones (excluding diaryl/α,β-unsaturated/α-hetero) is 3. The molecule has 7 nitrogen and oxygen atoms in total. The van der Waals surface area contributed by atoms with Gasteiger partial charge in [0.2, 0.25) is 5.91 Å². The van der Waals surface area contributed by atoms with E-state index in [1.54, 1.807) is 13.8 Å². The van der Waals surface area contributed by atoms with Gasteiger partial charge in [0.15, 0.2) is 5.78 Å². The Morgan fingerprint density at radius 2 is 1.60 bits per heavy atom. The molecule has 0 unspecified atom stereocenters. The van der Waals surface area contributed by atoms with Crippen LogP contribution in [0, 0.1) is 11.3 Å². The van der Waals surface area contributed by atoms with Gasteiger partial charge in [-0.15, -0.1) is 0 Å². The maximum absolute atomic E-state index is 12.2. The van der Waals surface area contributed by atoms with Gasteiger partial charge >= 0.3 is 0 Å². The van der Waals surface area contributed by atoms with E-state index in [1.807, 2.05) is 20.8 Å². The van der Waals surface area contributed by atoms with Crippen molar-refractivity contribution < 1.29 is 28.7 Å². The number of unbranched alkanes of at least 4 members (excludes halogenated alkanes) is 2. The summed E-state index contributed by atoms with van der Waals surface area (Å²) in [6.45, 7) is 10.7. The Kier molecular flexibility index (Phi) is 15.3. The first kappa shape index (κ1) is 28.4. The number of ether oxygens (including phenoxy) is 2. The highest BCUT2D eigenvalue weighted by atomic mass is 16.5. The van der Waals surface area contributed by atoms with Crippen molar-refractivity contribution >= 4 is 23.3 Å². The van der Waals surface area contributed by atoms with Crippen molar-refractivity contribution in [2.75, 3.05) is 33.0 Å². The quantitative estimate of drug-likeness (QED) is 0.337. The lowest BCUT2D eigenvalue weighted by Gasteiger charge is -2.20. The van der Waals surface area contributed by atoms with Crippen LogP contribution in [-0.2, 0) is 28.7 Å². The zero-order chi connectivity index (χ0) is 23.0. The van der Waals surface area contributed by atoms with Crippen LogP contribution in [0.25, 0.3) is 0 Å². The van der Waals surface area contributed by atoms with E-state index in [9.17, 15) is 19.2 Å². The van der Waals surface area contributed by atoms with Crippen LogP contribution in [0.1, 0.15) is 79.6 Å². The van der Waals surface area contributed by atoms with E-state index in [-0.39, 0.29) is 35.8 Å². The Labute approximate surface area is 181 Å². The SMILES string of the molecule is CCC(=O)NCCOCCOCC(=O)CCCCC[C@H](CC(=O)C(C)(C)C)C(C)=O. The van der Waals surface area contributed by atoms with Crippen LogP contribution in [0.5, 0.6) is 0 Å². The van der Waals surface area contributed by atoms with E-state index in [4.69, 9.17) is 9.47 Å². The number of rotatable bonds is 18. The molecule has 0 saturated carbocycles. The maximum Gasteiger partial charge on any atom is 0.219 e. The van der Waals surface area contributed by atoms with Gasteiger partial charge in [0, 0.05) is 37.1 Å². The van der Waals surface area contributed by atoms with Crippen LogP contribution in [0.15, 0.2) is 0 Å². The zero-order valence-corrected chi connectivity index (χ0v) is 19.5. The molecule has 0 aliphatic carbocycles. The average Bonchev–Trinajstić information content (AvgIpc) is 2.67. The first-order chi connectivity index (χ1) is 14.1. The van der Waals surface area contributed by atoms with Crippen molar-refractivity contribution in [1.82, 2.24) is 5.32 Å². The molecule has 1 amide bonds. The van der Waals surface area contributed by atoms with Crippen molar-refractivity contribution in [3.05, 3.63) is 0 Å². The van der Waals surface area contributed by atoms with Crippen LogP contribution >= 0.6 is 0 Å². The monoisotopic (exact) mass is 427 g/mol. The molecule has 1 atom stereocenters. The lowest BCUT2D eigenvalue weighted by molar-refractivity contribution is -0.131. The van der Waals surface area contributed by atoms with E-state index >= 15 is 0 Å². The summed E-state index contributed by atoms with van der Waals surface area (Å²) >= 11 is 0. The molecule has 0 aromatic carbocycles. The Morgan fingerprint density at radius 1 is 0.933 bits per heavy atom. The van der Waals surface area contributed by atoms with Crippen molar-refractivity contribution in [1.29, 1.82) is 0 Å². The Bertz CT molecular complexity index is 538. The number of nitrogens with one attached hydrogen (secondary N) is 1. The standard InChI is InChI=1S/C23H41NO6/c1-6-22(28)24-12-13-29-14-15-30-17-20(26)11-9-7-8-10-19(18(2)25)16-21(27)23(3,4)5/h19H,6-17H2,1-5H3,(H,24,28)/t19-/m1/s1. The fourth-order valence-corrected chi connectivity index (χ4v) is 2.73. The molecule has 0 aliphatic heterocycles. The van der Waals surface area contributed by atoms with Gasteiger partial charge in [0.1, 0.15) is 18.2 Å². The molecule has 0 saturated heterocycles. The van der Waals surface area contributed by atoms with Crippen LogP contribution in [-0.4, -0.2) is 56.2 Å². The van der Waals surface area contributed by atoms with Crippen molar-refractivity contribution in [2.24, 2.45) is 11.3 Å². The summed E-state index contributed by atoms with van der Waals surface area (Å²) in [6, 6.07) is 0. The highest BCUT2D eigenvalue weighted by molar-refractivity contribution is 5.89. The summed E-state index contributed by atoms with van der Waals surface area (Å²) < 4.78 is 10.6. The maximum atomic E-state index is 12.2. The number of carbonyl (C=O) groups excluding carboxylic acids is 4. The second-order valence-electron chi connectivity index (χ2n) is 8.69. The predicted molar refractivity (Wildman–Crippen MR) is 116 cm³/mol. The number of ketones is 3. The summed E-state index contributed by atoms with van der Waals surface area (Å²) in [4.78, 5) is 46.8. The van der Waals surface area contributed by atoms with Gasteiger partial charge in [-0.3, -0.25) is 19.2 Å². The fraction of sp³-hybridized carbons (Fsp3) is 0.826. The van der Waals surface area contributed by atoms with Gasteiger partial charge in [-0.2, -0.15) is 0 Å². The van der Waals surface area contributed by atoms with Gasteiger partial charge < -0.3 is 14.8 Å².